The van der Waals surface area contributed by atoms with Crippen LogP contribution in [0.4, 0.5) is 0 Å². The Bertz CT molecular complexity index is 3000. The van der Waals surface area contributed by atoms with E-state index in [2.05, 4.69) is 88.9 Å². The highest BCUT2D eigenvalue weighted by Crippen LogP contribution is 2.60. The van der Waals surface area contributed by atoms with Crippen molar-refractivity contribution in [3.05, 3.63) is 96.2 Å². The van der Waals surface area contributed by atoms with E-state index in [9.17, 15) is 19.2 Å². The number of hydrogen-bond donors (Lipinski definition) is 3. The van der Waals surface area contributed by atoms with E-state index in [4.69, 9.17) is 19.7 Å². The summed E-state index contributed by atoms with van der Waals surface area (Å²) in [5.74, 6) is 2.78. The number of fused-ring (bicyclic) bond motifs is 2. The van der Waals surface area contributed by atoms with Crippen LogP contribution < -0.4 is 11.1 Å². The summed E-state index contributed by atoms with van der Waals surface area (Å²) in [5, 5.41) is 14.2. The van der Waals surface area contributed by atoms with E-state index in [0.717, 1.165) is 173 Å². The van der Waals surface area contributed by atoms with E-state index in [1.165, 1.54) is 0 Å². The van der Waals surface area contributed by atoms with Crippen molar-refractivity contribution in [3.8, 4) is 22.6 Å². The molecule has 0 bridgehead atoms. The van der Waals surface area contributed by atoms with Gasteiger partial charge in [-0.3, -0.25) is 29.1 Å². The maximum Gasteiger partial charge on any atom is 0.307 e. The van der Waals surface area contributed by atoms with Gasteiger partial charge in [-0.1, -0.05) is 59.1 Å². The fourth-order valence-electron chi connectivity index (χ4n) is 11.3. The number of rotatable bonds is 21. The monoisotopic (exact) mass is 1100 g/mol. The van der Waals surface area contributed by atoms with Crippen molar-refractivity contribution >= 4 is 67.8 Å². The molecule has 18 heteroatoms. The number of carbonyl (C=O) groups is 4. The van der Waals surface area contributed by atoms with E-state index in [1.807, 2.05) is 64.1 Å². The summed E-state index contributed by atoms with van der Waals surface area (Å²) in [6.45, 7) is 12.1. The molecular weight excluding hydrogens is 1010 g/mol. The fourth-order valence-corrected chi connectivity index (χ4v) is 11.3. The number of nitrogens with two attached hydrogens (primary N) is 1. The van der Waals surface area contributed by atoms with Gasteiger partial charge in [0.25, 0.3) is 0 Å². The number of benzene rings is 2. The second kappa shape index (κ2) is 30.4. The minimum atomic E-state index is -0.584. The number of hydrogen-bond acceptors (Lipinski definition) is 13. The molecule has 2 saturated carbocycles. The molecule has 1 amide bonds. The highest BCUT2D eigenvalue weighted by atomic mass is 16.4. The van der Waals surface area contributed by atoms with Crippen molar-refractivity contribution in [2.24, 2.45) is 28.4 Å². The molecule has 4 aliphatic rings. The minimum Gasteiger partial charge on any atom is -0.481 e. The second-order valence-corrected chi connectivity index (χ2v) is 22.9. The number of unbranched alkanes of at least 4 members (excludes halogenated alkanes) is 4. The first-order valence-corrected chi connectivity index (χ1v) is 29.1. The summed E-state index contributed by atoms with van der Waals surface area (Å²) in [5.41, 5.74) is 12.4. The molecular formula is C63H86B3N8O7. The van der Waals surface area contributed by atoms with Crippen molar-refractivity contribution < 1.29 is 33.1 Å². The van der Waals surface area contributed by atoms with E-state index < -0.39 is 5.97 Å². The number of pyridine rings is 2. The predicted molar refractivity (Wildman–Crippen MR) is 325 cm³/mol. The first kappa shape index (κ1) is 64.2. The quantitative estimate of drug-likeness (QED) is 0.0452. The number of piperidine rings is 2. The van der Waals surface area contributed by atoms with Gasteiger partial charge in [-0.2, -0.15) is 0 Å². The summed E-state index contributed by atoms with van der Waals surface area (Å²) in [4.78, 5) is 69.8. The molecule has 81 heavy (non-hydrogen) atoms. The zero-order valence-corrected chi connectivity index (χ0v) is 48.2. The number of carboxylic acids is 1. The lowest BCUT2D eigenvalue weighted by molar-refractivity contribution is -0.139. The maximum atomic E-state index is 13.4. The van der Waals surface area contributed by atoms with Crippen molar-refractivity contribution in [2.75, 3.05) is 40.3 Å². The summed E-state index contributed by atoms with van der Waals surface area (Å²) in [7, 11) is 14.3. The van der Waals surface area contributed by atoms with Gasteiger partial charge in [0.05, 0.1) is 35.4 Å². The molecule has 10 rings (SSSR count). The van der Waals surface area contributed by atoms with Gasteiger partial charge in [-0.15, -0.1) is 0 Å². The van der Waals surface area contributed by atoms with Gasteiger partial charge >= 0.3 is 5.97 Å². The molecule has 4 N–H and O–H groups in total. The molecule has 0 unspecified atom stereocenters. The van der Waals surface area contributed by atoms with Crippen LogP contribution >= 0.6 is 0 Å². The van der Waals surface area contributed by atoms with Crippen LogP contribution in [0.2, 0.25) is 0 Å². The van der Waals surface area contributed by atoms with Gasteiger partial charge in [-0.05, 0) is 178 Å². The molecule has 429 valence electrons. The maximum absolute atomic E-state index is 13.4. The Kier molecular flexibility index (Phi) is 24.1. The molecule has 2 aromatic carbocycles. The highest BCUT2D eigenvalue weighted by molar-refractivity contribution is 7.17. The Hall–Kier alpha value is -5.97. The summed E-state index contributed by atoms with van der Waals surface area (Å²) < 4.78 is 12.2. The van der Waals surface area contributed by atoms with Gasteiger partial charge < -0.3 is 34.8 Å². The van der Waals surface area contributed by atoms with Crippen LogP contribution in [0.5, 0.6) is 0 Å². The topological polar surface area (TPSA) is 211 Å². The van der Waals surface area contributed by atoms with Gasteiger partial charge in [-0.25, -0.2) is 9.97 Å². The number of nitrogens with one attached hydrogen (secondary N) is 1. The molecule has 4 aromatic heterocycles. The molecule has 6 aromatic rings. The standard InChI is InChI=1S/C31H40N4O3.C22H27N3O2.C9H15NO2.CH4.B3/c1-4-24(36)8-6-5-7-9-27(34-29(37)25-19-31(25)14-16-35(3)17-15-31)30-32-20-28(38-30)23-12-13-26-22(18-23)11-10-21(2)33-26;1-3-18(26)7-5-4-6-8-19(23)22-24-14-21(27-22)17-11-12-20-16(13-17)10-9-15(2)25-20;1-10-4-2-9(3-5-10)6-7(9)8(11)12;;1-3-2/h10-13,18,20,25,27H,4-9,14-17,19H2,1-3H3,(H,34,37);9-14,19H,3-8,23H2,1-2H3;7H,2-6H2,1H3,(H,11,12);1H4;/t25-,27+;19-;7-;;/m101../s1. The Morgan fingerprint density at radius 3 is 1.59 bits per heavy atom. The summed E-state index contributed by atoms with van der Waals surface area (Å²) >= 11 is 0. The molecule has 5 radical (unpaired) electrons. The average molecular weight is 1100 g/mol. The Labute approximate surface area is 484 Å². The first-order valence-electron chi connectivity index (χ1n) is 29.1. The van der Waals surface area contributed by atoms with E-state index >= 15 is 0 Å². The van der Waals surface area contributed by atoms with E-state index in [1.54, 1.807) is 12.4 Å². The summed E-state index contributed by atoms with van der Waals surface area (Å²) in [6.07, 6.45) is 19.5. The average Bonchev–Trinajstić information content (AvgIpc) is 4.35. The summed E-state index contributed by atoms with van der Waals surface area (Å²) in [6, 6.07) is 19.8. The Morgan fingerprint density at radius 1 is 0.679 bits per heavy atom. The van der Waals surface area contributed by atoms with Crippen molar-refractivity contribution in [1.29, 1.82) is 0 Å². The number of carbonyl (C=O) groups excluding carboxylic acids is 3. The van der Waals surface area contributed by atoms with Gasteiger partial charge in [0.15, 0.2) is 11.5 Å². The van der Waals surface area contributed by atoms with Crippen LogP contribution in [0.15, 0.2) is 81.9 Å². The van der Waals surface area contributed by atoms with E-state index in [0.29, 0.717) is 54.8 Å². The normalized spacial score (nSPS) is 18.4. The van der Waals surface area contributed by atoms with Gasteiger partial charge in [0.1, 0.15) is 17.6 Å². The number of amides is 1. The number of nitrogens with zero attached hydrogens (tertiary/aromatic N) is 6. The zero-order chi connectivity index (χ0) is 57.4. The number of carboxylic acid groups (broad SMARTS) is 1. The molecule has 2 aliphatic carbocycles. The molecule has 2 spiro atoms. The number of oxazole rings is 2. The lowest BCUT2D eigenvalue weighted by atomic mass is 9.40. The fraction of sp³-hybridized carbons (Fsp3) is 0.556. The van der Waals surface area contributed by atoms with Crippen molar-refractivity contribution in [1.82, 2.24) is 35.1 Å². The lowest BCUT2D eigenvalue weighted by Crippen LogP contribution is -2.36. The Balaban J connectivity index is 0.000000212. The second-order valence-electron chi connectivity index (χ2n) is 22.9. The first-order chi connectivity index (χ1) is 38.5. The number of Topliss-reactive ketones (excluding diaryl/α,β-unsaturated/α-hetero) is 2. The minimum absolute atomic E-state index is 0. The predicted octanol–water partition coefficient (Wildman–Crippen LogP) is 11.4. The third-order valence-electron chi connectivity index (χ3n) is 16.9. The lowest BCUT2D eigenvalue weighted by Gasteiger charge is -2.30. The molecule has 15 nitrogen and oxygen atoms in total. The molecule has 6 heterocycles. The number of ketones is 2. The smallest absolute Gasteiger partial charge is 0.307 e. The molecule has 4 fully saturated rings. The number of aliphatic carboxylic acids is 1. The third kappa shape index (κ3) is 18.0. The zero-order valence-electron chi connectivity index (χ0n) is 48.2. The van der Waals surface area contributed by atoms with Gasteiger partial charge in [0.2, 0.25) is 17.7 Å². The van der Waals surface area contributed by atoms with Crippen molar-refractivity contribution in [2.45, 2.75) is 163 Å². The van der Waals surface area contributed by atoms with Crippen LogP contribution in [0.3, 0.4) is 0 Å². The number of aromatic nitrogens is 4. The van der Waals surface area contributed by atoms with Gasteiger partial charge in [0, 0.05) is 87.4 Å². The molecule has 2 saturated heterocycles. The van der Waals surface area contributed by atoms with Crippen LogP contribution in [-0.4, -0.2) is 121 Å². The largest absolute Gasteiger partial charge is 0.481 e. The van der Waals surface area contributed by atoms with Crippen LogP contribution in [0, 0.1) is 36.5 Å². The molecule has 4 atom stereocenters. The third-order valence-corrected chi connectivity index (χ3v) is 16.9. The number of likely N-dealkylation sites (tertiary alicyclic amines) is 2. The number of aryl methyl sites for hydroxylation is 2. The van der Waals surface area contributed by atoms with Crippen LogP contribution in [0.1, 0.15) is 172 Å². The van der Waals surface area contributed by atoms with Crippen LogP contribution in [0.25, 0.3) is 44.5 Å². The Morgan fingerprint density at radius 2 is 1.12 bits per heavy atom. The highest BCUT2D eigenvalue weighted by Gasteiger charge is 2.59. The van der Waals surface area contributed by atoms with E-state index in [-0.39, 0.29) is 48.1 Å². The molecule has 2 aliphatic heterocycles. The van der Waals surface area contributed by atoms with Crippen molar-refractivity contribution in [3.63, 3.8) is 0 Å². The van der Waals surface area contributed by atoms with Crippen LogP contribution in [-0.2, 0) is 19.2 Å². The SMILES string of the molecule is C.CCC(=O)CCCCC[C@H](N)c1ncc(-c2ccc3nc(C)ccc3c2)o1.CCC(=O)CCCCC[C@H](NC(=O)[C@H]1CC12CCN(C)CC2)c1ncc(-c2ccc3nc(C)ccc3c2)o1.CN1CCC2(CC1)C[C@@H]2C(=O)O.[B][B][B].